The smallest absolute Gasteiger partial charge is 0.481 e. The van der Waals surface area contributed by atoms with Crippen LogP contribution in [0.3, 0.4) is 0 Å². The first-order valence-electron chi connectivity index (χ1n) is 6.51. The van der Waals surface area contributed by atoms with E-state index >= 15 is 0 Å². The largest absolute Gasteiger partial charge is 0.573 e. The number of benzene rings is 1. The Kier molecular flexibility index (Phi) is 4.48. The highest BCUT2D eigenvalue weighted by Crippen LogP contribution is 2.26. The molecule has 1 aromatic carbocycles. The van der Waals surface area contributed by atoms with Gasteiger partial charge in [-0.1, -0.05) is 0 Å². The Hall–Kier alpha value is -2.71. The van der Waals surface area contributed by atoms with Gasteiger partial charge in [-0.2, -0.15) is 0 Å². The summed E-state index contributed by atoms with van der Waals surface area (Å²) in [7, 11) is 1.44. The molecule has 2 aromatic rings. The van der Waals surface area contributed by atoms with Gasteiger partial charge in [0.05, 0.1) is 6.42 Å². The summed E-state index contributed by atoms with van der Waals surface area (Å²) in [4.78, 5) is 26.6. The van der Waals surface area contributed by atoms with Crippen LogP contribution >= 0.6 is 0 Å². The van der Waals surface area contributed by atoms with Gasteiger partial charge in [0, 0.05) is 30.6 Å². The number of amides is 1. The van der Waals surface area contributed by atoms with Gasteiger partial charge in [0.25, 0.3) is 5.91 Å². The van der Waals surface area contributed by atoms with Crippen molar-refractivity contribution >= 4 is 22.8 Å². The van der Waals surface area contributed by atoms with Gasteiger partial charge in [-0.05, 0) is 18.2 Å². The van der Waals surface area contributed by atoms with Gasteiger partial charge in [0.2, 0.25) is 0 Å². The Labute approximate surface area is 128 Å². The van der Waals surface area contributed by atoms with Crippen LogP contribution in [0.2, 0.25) is 0 Å². The number of rotatable bonds is 5. The molecule has 2 N–H and O–H groups in total. The van der Waals surface area contributed by atoms with Crippen molar-refractivity contribution in [2.24, 2.45) is 0 Å². The number of ether oxygens (including phenoxy) is 1. The van der Waals surface area contributed by atoms with E-state index in [1.165, 1.54) is 24.1 Å². The molecule has 0 saturated carbocycles. The van der Waals surface area contributed by atoms with E-state index < -0.39 is 24.0 Å². The third-order valence-corrected chi connectivity index (χ3v) is 3.07. The minimum atomic E-state index is -4.80. The molecular weight excluding hydrogens is 317 g/mol. The molecule has 0 saturated heterocycles. The molecule has 0 aliphatic rings. The first-order chi connectivity index (χ1) is 10.7. The molecule has 0 aliphatic heterocycles. The van der Waals surface area contributed by atoms with Crippen LogP contribution in [0.4, 0.5) is 13.2 Å². The number of hydrogen-bond acceptors (Lipinski definition) is 3. The predicted octanol–water partition coefficient (Wildman–Crippen LogP) is 2.61. The second-order valence-corrected chi connectivity index (χ2v) is 4.85. The first-order valence-corrected chi connectivity index (χ1v) is 6.51. The summed E-state index contributed by atoms with van der Waals surface area (Å²) in [5, 5.41) is 9.14. The van der Waals surface area contributed by atoms with Crippen LogP contribution in [0.25, 0.3) is 10.9 Å². The molecular formula is C14H13F3N2O4. The van der Waals surface area contributed by atoms with E-state index in [4.69, 9.17) is 5.11 Å². The number of aromatic amines is 1. The summed E-state index contributed by atoms with van der Waals surface area (Å²) in [5.74, 6) is -1.89. The zero-order chi connectivity index (χ0) is 17.2. The van der Waals surface area contributed by atoms with Crippen LogP contribution < -0.4 is 4.74 Å². The average Bonchev–Trinajstić information content (AvgIpc) is 2.85. The van der Waals surface area contributed by atoms with Crippen LogP contribution in [-0.4, -0.2) is 46.8 Å². The van der Waals surface area contributed by atoms with Crippen molar-refractivity contribution in [2.75, 3.05) is 13.6 Å². The SMILES string of the molecule is CN(CCC(=O)O)C(=O)c1cc2ccc(OC(F)(F)F)cc2[nH]1. The molecule has 0 spiro atoms. The normalized spacial score (nSPS) is 11.5. The summed E-state index contributed by atoms with van der Waals surface area (Å²) in [6.45, 7) is 0.0198. The van der Waals surface area contributed by atoms with E-state index in [1.807, 2.05) is 0 Å². The number of hydrogen-bond donors (Lipinski definition) is 2. The summed E-state index contributed by atoms with van der Waals surface area (Å²) < 4.78 is 40.4. The highest BCUT2D eigenvalue weighted by molar-refractivity contribution is 5.98. The maximum atomic E-state index is 12.2. The lowest BCUT2D eigenvalue weighted by atomic mass is 10.2. The standard InChI is InChI=1S/C14H13F3N2O4/c1-19(5-4-12(20)21)13(22)11-6-8-2-3-9(7-10(8)18-11)23-14(15,16)17/h2-3,6-7,18H,4-5H2,1H3,(H,20,21). The monoisotopic (exact) mass is 330 g/mol. The lowest BCUT2D eigenvalue weighted by Crippen LogP contribution is -2.29. The average molecular weight is 330 g/mol. The second kappa shape index (κ2) is 6.19. The number of carbonyl (C=O) groups excluding carboxylic acids is 1. The van der Waals surface area contributed by atoms with Crippen molar-refractivity contribution in [1.29, 1.82) is 0 Å². The van der Waals surface area contributed by atoms with Crippen molar-refractivity contribution in [3.63, 3.8) is 0 Å². The van der Waals surface area contributed by atoms with Crippen molar-refractivity contribution in [3.05, 3.63) is 30.0 Å². The third-order valence-electron chi connectivity index (χ3n) is 3.07. The topological polar surface area (TPSA) is 82.6 Å². The number of carboxylic acids is 1. The summed E-state index contributed by atoms with van der Waals surface area (Å²) >= 11 is 0. The highest BCUT2D eigenvalue weighted by Gasteiger charge is 2.31. The fourth-order valence-corrected chi connectivity index (χ4v) is 1.99. The lowest BCUT2D eigenvalue weighted by Gasteiger charge is -2.14. The number of carboxylic acid groups (broad SMARTS) is 1. The van der Waals surface area contributed by atoms with Gasteiger partial charge < -0.3 is 19.7 Å². The Balaban J connectivity index is 2.19. The fourth-order valence-electron chi connectivity index (χ4n) is 1.99. The van der Waals surface area contributed by atoms with E-state index in [1.54, 1.807) is 0 Å². The summed E-state index contributed by atoms with van der Waals surface area (Å²) in [6, 6.07) is 5.15. The van der Waals surface area contributed by atoms with Crippen molar-refractivity contribution in [3.8, 4) is 5.75 Å². The first kappa shape index (κ1) is 16.7. The van der Waals surface area contributed by atoms with Crippen LogP contribution in [0.1, 0.15) is 16.9 Å². The number of carbonyl (C=O) groups is 2. The number of alkyl halides is 3. The van der Waals surface area contributed by atoms with E-state index in [0.29, 0.717) is 10.9 Å². The third kappa shape index (κ3) is 4.38. The molecule has 0 atom stereocenters. The number of aromatic nitrogens is 1. The number of nitrogens with zero attached hydrogens (tertiary/aromatic N) is 1. The van der Waals surface area contributed by atoms with Gasteiger partial charge >= 0.3 is 12.3 Å². The minimum absolute atomic E-state index is 0.0198. The number of aliphatic carboxylic acids is 1. The minimum Gasteiger partial charge on any atom is -0.481 e. The van der Waals surface area contributed by atoms with Crippen LogP contribution in [0.15, 0.2) is 24.3 Å². The van der Waals surface area contributed by atoms with Crippen LogP contribution in [-0.2, 0) is 4.79 Å². The molecule has 1 heterocycles. The second-order valence-electron chi connectivity index (χ2n) is 4.85. The number of fused-ring (bicyclic) bond motifs is 1. The van der Waals surface area contributed by atoms with Gasteiger partial charge in [0.15, 0.2) is 0 Å². The maximum Gasteiger partial charge on any atom is 0.573 e. The van der Waals surface area contributed by atoms with E-state index in [-0.39, 0.29) is 18.7 Å². The lowest BCUT2D eigenvalue weighted by molar-refractivity contribution is -0.274. The molecule has 6 nitrogen and oxygen atoms in total. The highest BCUT2D eigenvalue weighted by atomic mass is 19.4. The van der Waals surface area contributed by atoms with Crippen LogP contribution in [0, 0.1) is 0 Å². The fraction of sp³-hybridized carbons (Fsp3) is 0.286. The number of halogens is 3. The van der Waals surface area contributed by atoms with Crippen molar-refractivity contribution in [1.82, 2.24) is 9.88 Å². The van der Waals surface area contributed by atoms with E-state index in [0.717, 1.165) is 12.1 Å². The van der Waals surface area contributed by atoms with E-state index in [2.05, 4.69) is 9.72 Å². The molecule has 2 rings (SSSR count). The Morgan fingerprint density at radius 2 is 2.00 bits per heavy atom. The number of nitrogens with one attached hydrogen (secondary N) is 1. The molecule has 1 aromatic heterocycles. The summed E-state index contributed by atoms with van der Waals surface area (Å²) in [5.41, 5.74) is 0.457. The zero-order valence-electron chi connectivity index (χ0n) is 12.0. The molecule has 0 aliphatic carbocycles. The molecule has 23 heavy (non-hydrogen) atoms. The summed E-state index contributed by atoms with van der Waals surface area (Å²) in [6.07, 6.45) is -5.00. The predicted molar refractivity (Wildman–Crippen MR) is 74.2 cm³/mol. The van der Waals surface area contributed by atoms with Crippen molar-refractivity contribution < 1.29 is 32.6 Å². The molecule has 0 fully saturated rings. The van der Waals surface area contributed by atoms with Crippen molar-refractivity contribution in [2.45, 2.75) is 12.8 Å². The van der Waals surface area contributed by atoms with Gasteiger partial charge in [-0.25, -0.2) is 0 Å². The molecule has 9 heteroatoms. The van der Waals surface area contributed by atoms with Gasteiger partial charge in [0.1, 0.15) is 11.4 Å². The Morgan fingerprint density at radius 1 is 1.30 bits per heavy atom. The Bertz CT molecular complexity index is 739. The molecule has 0 radical (unpaired) electrons. The maximum absolute atomic E-state index is 12.2. The Morgan fingerprint density at radius 3 is 2.61 bits per heavy atom. The molecule has 1 amide bonds. The van der Waals surface area contributed by atoms with Gasteiger partial charge in [-0.15, -0.1) is 13.2 Å². The van der Waals surface area contributed by atoms with Crippen LogP contribution in [0.5, 0.6) is 5.75 Å². The molecule has 124 valence electrons. The number of H-pyrrole nitrogens is 1. The molecule has 0 bridgehead atoms. The van der Waals surface area contributed by atoms with E-state index in [9.17, 15) is 22.8 Å². The quantitative estimate of drug-likeness (QED) is 0.883. The van der Waals surface area contributed by atoms with Gasteiger partial charge in [-0.3, -0.25) is 9.59 Å². The zero-order valence-corrected chi connectivity index (χ0v) is 12.0. The molecule has 0 unspecified atom stereocenters.